The average Bonchev–Trinajstić information content (AvgIpc) is 3.45. The number of hydrogen-bond donors (Lipinski definition) is 1. The molecule has 2 heterocycles. The van der Waals surface area contributed by atoms with E-state index in [4.69, 9.17) is 0 Å². The van der Waals surface area contributed by atoms with E-state index in [-0.39, 0.29) is 11.9 Å². The van der Waals surface area contributed by atoms with Crippen LogP contribution in [0.2, 0.25) is 0 Å². The van der Waals surface area contributed by atoms with Gasteiger partial charge in [0.15, 0.2) is 0 Å². The lowest BCUT2D eigenvalue weighted by molar-refractivity contribution is -0.121. The van der Waals surface area contributed by atoms with E-state index in [0.717, 1.165) is 24.9 Å². The van der Waals surface area contributed by atoms with E-state index < -0.39 is 0 Å². The number of pyridine rings is 1. The molecular formula is C23H23N3O2. The van der Waals surface area contributed by atoms with Gasteiger partial charge in [0, 0.05) is 43.5 Å². The molecule has 0 saturated heterocycles. The molecule has 5 nitrogen and oxygen atoms in total. The van der Waals surface area contributed by atoms with Crippen LogP contribution < -0.4 is 10.2 Å². The molecule has 2 aromatic rings. The molecule has 3 atom stereocenters. The first-order valence-electron chi connectivity index (χ1n) is 10.0. The Kier molecular flexibility index (Phi) is 3.88. The molecule has 0 radical (unpaired) electrons. The van der Waals surface area contributed by atoms with Gasteiger partial charge in [-0.15, -0.1) is 0 Å². The van der Waals surface area contributed by atoms with E-state index in [1.165, 1.54) is 27.8 Å². The summed E-state index contributed by atoms with van der Waals surface area (Å²) in [5.74, 6) is 3.20. The van der Waals surface area contributed by atoms with Crippen LogP contribution >= 0.6 is 0 Å². The van der Waals surface area contributed by atoms with E-state index in [1.54, 1.807) is 0 Å². The Hall–Kier alpha value is -2.91. The second-order valence-electron chi connectivity index (χ2n) is 8.05. The summed E-state index contributed by atoms with van der Waals surface area (Å²) >= 11 is 0. The van der Waals surface area contributed by atoms with Crippen molar-refractivity contribution in [2.75, 3.05) is 11.9 Å². The van der Waals surface area contributed by atoms with E-state index in [1.807, 2.05) is 31.3 Å². The molecule has 1 aromatic heterocycles. The summed E-state index contributed by atoms with van der Waals surface area (Å²) in [6.07, 6.45) is 7.10. The standard InChI is InChI=1S/C23H23N3O2/c1-3-21(28)25-23-17-9-16(17)22-18(10-24-11-19(22)23)13-5-7-20-14(8-13)4-6-15(12-27)26(20)2/h5,7-8,10-11,16-17,23H,3-4,6,9H2,1-2H3,(H,25,28). The molecule has 5 rings (SSSR count). The summed E-state index contributed by atoms with van der Waals surface area (Å²) in [5, 5.41) is 3.20. The van der Waals surface area contributed by atoms with Gasteiger partial charge in [-0.1, -0.05) is 13.0 Å². The number of aromatic nitrogens is 1. The fourth-order valence-electron chi connectivity index (χ4n) is 4.95. The van der Waals surface area contributed by atoms with Crippen LogP contribution in [0.25, 0.3) is 11.1 Å². The molecule has 1 fully saturated rings. The van der Waals surface area contributed by atoms with E-state index >= 15 is 0 Å². The van der Waals surface area contributed by atoms with E-state index in [2.05, 4.69) is 34.4 Å². The number of fused-ring (bicyclic) bond motifs is 4. The van der Waals surface area contributed by atoms with Gasteiger partial charge >= 0.3 is 0 Å². The van der Waals surface area contributed by atoms with Gasteiger partial charge in [-0.2, -0.15) is 0 Å². The Morgan fingerprint density at radius 1 is 1.32 bits per heavy atom. The normalized spacial score (nSPS) is 24.1. The number of rotatable bonds is 3. The molecule has 5 heteroatoms. The fraction of sp³-hybridized carbons (Fsp3) is 0.391. The van der Waals surface area contributed by atoms with Crippen LogP contribution in [0.15, 0.2) is 36.3 Å². The number of carbonyl (C=O) groups is 1. The zero-order chi connectivity index (χ0) is 19.4. The maximum atomic E-state index is 12.0. The lowest BCUT2D eigenvalue weighted by Gasteiger charge is -2.28. The van der Waals surface area contributed by atoms with Gasteiger partial charge in [0.1, 0.15) is 11.6 Å². The monoisotopic (exact) mass is 373 g/mol. The van der Waals surface area contributed by atoms with Gasteiger partial charge in [0.05, 0.1) is 6.04 Å². The largest absolute Gasteiger partial charge is 0.349 e. The number of carbonyl (C=O) groups excluding carboxylic acids is 2. The van der Waals surface area contributed by atoms with Crippen LogP contribution in [0.1, 0.15) is 54.8 Å². The van der Waals surface area contributed by atoms with Gasteiger partial charge in [0.2, 0.25) is 5.91 Å². The number of aryl methyl sites for hydroxylation is 1. The SMILES string of the molecule is CCC(=O)NC1c2cncc(-c3ccc4c(c3)CCC(=C=O)N4C)c2C2CC21. The van der Waals surface area contributed by atoms with E-state index in [0.29, 0.717) is 24.0 Å². The lowest BCUT2D eigenvalue weighted by atomic mass is 9.92. The van der Waals surface area contributed by atoms with Crippen molar-refractivity contribution in [3.8, 4) is 11.1 Å². The van der Waals surface area contributed by atoms with Crippen LogP contribution in [0.3, 0.4) is 0 Å². The first-order valence-corrected chi connectivity index (χ1v) is 10.0. The Morgan fingerprint density at radius 3 is 2.96 bits per heavy atom. The average molecular weight is 373 g/mol. The Labute approximate surface area is 164 Å². The molecule has 142 valence electrons. The third kappa shape index (κ3) is 2.50. The Balaban J connectivity index is 1.55. The number of anilines is 1. The van der Waals surface area contributed by atoms with Gasteiger partial charge in [-0.25, -0.2) is 4.79 Å². The number of nitrogens with one attached hydrogen (secondary N) is 1. The van der Waals surface area contributed by atoms with Crippen molar-refractivity contribution in [2.45, 2.75) is 44.6 Å². The highest BCUT2D eigenvalue weighted by Crippen LogP contribution is 2.63. The minimum atomic E-state index is 0.101. The third-order valence-electron chi connectivity index (χ3n) is 6.54. The minimum absolute atomic E-state index is 0.101. The predicted molar refractivity (Wildman–Crippen MR) is 108 cm³/mol. The van der Waals surface area contributed by atoms with Gasteiger partial charge in [0.25, 0.3) is 0 Å². The number of amides is 1. The molecule has 1 aliphatic heterocycles. The number of benzene rings is 1. The number of allylic oxidation sites excluding steroid dienone is 1. The molecule has 1 aromatic carbocycles. The molecular weight excluding hydrogens is 350 g/mol. The first-order chi connectivity index (χ1) is 13.6. The molecule has 28 heavy (non-hydrogen) atoms. The number of nitrogens with zero attached hydrogens (tertiary/aromatic N) is 2. The quantitative estimate of drug-likeness (QED) is 0.836. The first kappa shape index (κ1) is 17.2. The molecule has 1 N–H and O–H groups in total. The Bertz CT molecular complexity index is 1040. The van der Waals surface area contributed by atoms with Gasteiger partial charge in [-0.05, 0) is 59.1 Å². The van der Waals surface area contributed by atoms with Gasteiger partial charge < -0.3 is 10.2 Å². The highest BCUT2D eigenvalue weighted by molar-refractivity contribution is 5.79. The molecule has 1 saturated carbocycles. The maximum Gasteiger partial charge on any atom is 0.220 e. The Morgan fingerprint density at radius 2 is 2.18 bits per heavy atom. The van der Waals surface area contributed by atoms with Crippen molar-refractivity contribution in [3.05, 3.63) is 53.0 Å². The van der Waals surface area contributed by atoms with Crippen LogP contribution in [0, 0.1) is 5.92 Å². The highest BCUT2D eigenvalue weighted by atomic mass is 16.1. The van der Waals surface area contributed by atoms with Crippen molar-refractivity contribution >= 4 is 17.5 Å². The van der Waals surface area contributed by atoms with Crippen LogP contribution in [0.4, 0.5) is 5.69 Å². The fourth-order valence-corrected chi connectivity index (χ4v) is 4.95. The highest BCUT2D eigenvalue weighted by Gasteiger charge is 2.53. The molecule has 0 bridgehead atoms. The van der Waals surface area contributed by atoms with E-state index in [9.17, 15) is 9.59 Å². The van der Waals surface area contributed by atoms with Crippen molar-refractivity contribution in [3.63, 3.8) is 0 Å². The smallest absolute Gasteiger partial charge is 0.220 e. The second-order valence-corrected chi connectivity index (χ2v) is 8.05. The predicted octanol–water partition coefficient (Wildman–Crippen LogP) is 3.53. The third-order valence-corrected chi connectivity index (χ3v) is 6.54. The maximum absolute atomic E-state index is 12.0. The zero-order valence-electron chi connectivity index (χ0n) is 16.2. The summed E-state index contributed by atoms with van der Waals surface area (Å²) in [5.41, 5.74) is 7.92. The summed E-state index contributed by atoms with van der Waals surface area (Å²) in [6, 6.07) is 6.55. The van der Waals surface area contributed by atoms with Crippen molar-refractivity contribution in [1.29, 1.82) is 0 Å². The second kappa shape index (κ2) is 6.32. The molecule has 1 amide bonds. The summed E-state index contributed by atoms with van der Waals surface area (Å²) in [6.45, 7) is 1.89. The molecule has 2 aliphatic carbocycles. The zero-order valence-corrected chi connectivity index (χ0v) is 16.2. The molecule has 3 unspecified atom stereocenters. The summed E-state index contributed by atoms with van der Waals surface area (Å²) < 4.78 is 0. The van der Waals surface area contributed by atoms with Crippen molar-refractivity contribution in [2.24, 2.45) is 5.92 Å². The molecule has 0 spiro atoms. The summed E-state index contributed by atoms with van der Waals surface area (Å²) in [7, 11) is 1.93. The van der Waals surface area contributed by atoms with Crippen LogP contribution in [-0.2, 0) is 16.0 Å². The topological polar surface area (TPSA) is 62.3 Å². The molecule has 3 aliphatic rings. The minimum Gasteiger partial charge on any atom is -0.349 e. The van der Waals surface area contributed by atoms with Crippen LogP contribution in [-0.4, -0.2) is 23.9 Å². The van der Waals surface area contributed by atoms with Crippen LogP contribution in [0.5, 0.6) is 0 Å². The van der Waals surface area contributed by atoms with Crippen molar-refractivity contribution in [1.82, 2.24) is 10.3 Å². The lowest BCUT2D eigenvalue weighted by Crippen LogP contribution is -2.28. The summed E-state index contributed by atoms with van der Waals surface area (Å²) in [4.78, 5) is 29.5. The van der Waals surface area contributed by atoms with Crippen molar-refractivity contribution < 1.29 is 9.59 Å². The van der Waals surface area contributed by atoms with Gasteiger partial charge in [-0.3, -0.25) is 9.78 Å². The number of hydrogen-bond acceptors (Lipinski definition) is 4.